The Balaban J connectivity index is 0.00000162. The van der Waals surface area contributed by atoms with Gasteiger partial charge in [0.25, 0.3) is 5.91 Å². The van der Waals surface area contributed by atoms with Gasteiger partial charge in [0.05, 0.1) is 5.56 Å². The molecule has 5 heteroatoms. The second kappa shape index (κ2) is 6.61. The molecule has 0 saturated heterocycles. The highest BCUT2D eigenvalue weighted by Gasteiger charge is 2.07. The van der Waals surface area contributed by atoms with Crippen LogP contribution in [0.3, 0.4) is 0 Å². The molecule has 2 aromatic rings. The number of aromatic nitrogens is 1. The third-order valence-corrected chi connectivity index (χ3v) is 2.38. The average molecular weight is 264 g/mol. The van der Waals surface area contributed by atoms with Crippen molar-refractivity contribution >= 4 is 24.0 Å². The number of halogens is 1. The summed E-state index contributed by atoms with van der Waals surface area (Å²) in [5, 5.41) is 2.80. The molecule has 3 N–H and O–H groups in total. The van der Waals surface area contributed by atoms with Crippen molar-refractivity contribution in [3.05, 3.63) is 59.9 Å². The first kappa shape index (κ1) is 14.0. The first-order chi connectivity index (χ1) is 8.27. The summed E-state index contributed by atoms with van der Waals surface area (Å²) in [6.07, 6.45) is 3.41. The molecule has 94 valence electrons. The number of nitrogens with two attached hydrogens (primary N) is 1. The number of carbonyl (C=O) groups is 1. The van der Waals surface area contributed by atoms with Gasteiger partial charge in [0.2, 0.25) is 0 Å². The molecule has 0 bridgehead atoms. The minimum absolute atomic E-state index is 0. The molecule has 1 heterocycles. The number of hydrogen-bond donors (Lipinski definition) is 2. The van der Waals surface area contributed by atoms with E-state index in [1.54, 1.807) is 36.7 Å². The third-order valence-electron chi connectivity index (χ3n) is 2.38. The minimum atomic E-state index is -0.174. The van der Waals surface area contributed by atoms with Crippen LogP contribution in [-0.4, -0.2) is 10.9 Å². The molecule has 0 radical (unpaired) electrons. The van der Waals surface area contributed by atoms with Crippen molar-refractivity contribution in [3.8, 4) is 0 Å². The number of nitrogen functional groups attached to an aromatic ring is 1. The number of anilines is 1. The molecule has 0 unspecified atom stereocenters. The largest absolute Gasteiger partial charge is 0.398 e. The number of carbonyl (C=O) groups excluding carboxylic acids is 1. The number of benzene rings is 1. The van der Waals surface area contributed by atoms with Crippen molar-refractivity contribution in [2.75, 3.05) is 5.73 Å². The predicted octanol–water partition coefficient (Wildman–Crippen LogP) is 2.02. The van der Waals surface area contributed by atoms with Crippen LogP contribution in [0.4, 0.5) is 5.69 Å². The van der Waals surface area contributed by atoms with Crippen LogP contribution >= 0.6 is 12.4 Å². The number of para-hydroxylation sites is 1. The van der Waals surface area contributed by atoms with Gasteiger partial charge in [0.1, 0.15) is 0 Å². The molecule has 0 atom stereocenters. The van der Waals surface area contributed by atoms with E-state index >= 15 is 0 Å². The van der Waals surface area contributed by atoms with Gasteiger partial charge < -0.3 is 11.1 Å². The van der Waals surface area contributed by atoms with Crippen LogP contribution in [0.25, 0.3) is 0 Å². The zero-order chi connectivity index (χ0) is 12.1. The van der Waals surface area contributed by atoms with Gasteiger partial charge in [-0.1, -0.05) is 18.2 Å². The van der Waals surface area contributed by atoms with Crippen LogP contribution in [-0.2, 0) is 6.54 Å². The van der Waals surface area contributed by atoms with E-state index in [2.05, 4.69) is 10.3 Å². The van der Waals surface area contributed by atoms with Crippen LogP contribution in [0.2, 0.25) is 0 Å². The van der Waals surface area contributed by atoms with Gasteiger partial charge in [-0.15, -0.1) is 12.4 Å². The highest BCUT2D eigenvalue weighted by atomic mass is 35.5. The summed E-state index contributed by atoms with van der Waals surface area (Å²) >= 11 is 0. The molecule has 4 nitrogen and oxygen atoms in total. The zero-order valence-electron chi connectivity index (χ0n) is 9.67. The first-order valence-electron chi connectivity index (χ1n) is 5.29. The Bertz CT molecular complexity index is 517. The van der Waals surface area contributed by atoms with E-state index in [4.69, 9.17) is 5.73 Å². The Morgan fingerprint density at radius 2 is 2.00 bits per heavy atom. The predicted molar refractivity (Wildman–Crippen MR) is 73.5 cm³/mol. The quantitative estimate of drug-likeness (QED) is 0.833. The fraction of sp³-hybridized carbons (Fsp3) is 0.0769. The molecule has 0 aliphatic carbocycles. The van der Waals surface area contributed by atoms with E-state index in [0.717, 1.165) is 5.56 Å². The summed E-state index contributed by atoms with van der Waals surface area (Å²) in [7, 11) is 0. The standard InChI is InChI=1S/C13H13N3O.ClH/c14-12-6-2-1-5-11(12)13(17)16-9-10-4-3-7-15-8-10;/h1-8H,9,14H2,(H,16,17);1H. The van der Waals surface area contributed by atoms with Crippen LogP contribution < -0.4 is 11.1 Å². The molecule has 1 aromatic heterocycles. The lowest BCUT2D eigenvalue weighted by atomic mass is 10.1. The Labute approximate surface area is 112 Å². The minimum Gasteiger partial charge on any atom is -0.398 e. The van der Waals surface area contributed by atoms with E-state index in [1.807, 2.05) is 12.1 Å². The van der Waals surface area contributed by atoms with Gasteiger partial charge in [-0.3, -0.25) is 9.78 Å². The summed E-state index contributed by atoms with van der Waals surface area (Å²) in [4.78, 5) is 15.8. The van der Waals surface area contributed by atoms with E-state index in [0.29, 0.717) is 17.8 Å². The zero-order valence-corrected chi connectivity index (χ0v) is 10.5. The summed E-state index contributed by atoms with van der Waals surface area (Å²) in [5.41, 5.74) is 7.65. The smallest absolute Gasteiger partial charge is 0.253 e. The topological polar surface area (TPSA) is 68.0 Å². The highest BCUT2D eigenvalue weighted by Crippen LogP contribution is 2.10. The fourth-order valence-corrected chi connectivity index (χ4v) is 1.48. The number of hydrogen-bond acceptors (Lipinski definition) is 3. The van der Waals surface area contributed by atoms with E-state index in [9.17, 15) is 4.79 Å². The molecule has 0 fully saturated rings. The molecule has 2 rings (SSSR count). The van der Waals surface area contributed by atoms with Crippen LogP contribution in [0, 0.1) is 0 Å². The highest BCUT2D eigenvalue weighted by molar-refractivity contribution is 5.98. The van der Waals surface area contributed by atoms with E-state index < -0.39 is 0 Å². The molecule has 18 heavy (non-hydrogen) atoms. The number of pyridine rings is 1. The Morgan fingerprint density at radius 3 is 2.67 bits per heavy atom. The number of nitrogens with zero attached hydrogens (tertiary/aromatic N) is 1. The van der Waals surface area contributed by atoms with Crippen molar-refractivity contribution in [2.45, 2.75) is 6.54 Å². The maximum absolute atomic E-state index is 11.8. The van der Waals surface area contributed by atoms with Gasteiger partial charge in [0, 0.05) is 24.6 Å². The van der Waals surface area contributed by atoms with E-state index in [1.165, 1.54) is 0 Å². The van der Waals surface area contributed by atoms with Crippen molar-refractivity contribution in [1.82, 2.24) is 10.3 Å². The molecule has 1 aromatic carbocycles. The molecule has 0 aliphatic rings. The number of rotatable bonds is 3. The normalized spacial score (nSPS) is 9.33. The maximum atomic E-state index is 11.8. The molecule has 0 saturated carbocycles. The summed E-state index contributed by atoms with van der Waals surface area (Å²) in [6, 6.07) is 10.7. The van der Waals surface area contributed by atoms with Crippen LogP contribution in [0.15, 0.2) is 48.8 Å². The Hall–Kier alpha value is -2.07. The van der Waals surface area contributed by atoms with Crippen molar-refractivity contribution in [3.63, 3.8) is 0 Å². The summed E-state index contributed by atoms with van der Waals surface area (Å²) in [5.74, 6) is -0.174. The van der Waals surface area contributed by atoms with Gasteiger partial charge in [-0.05, 0) is 23.8 Å². The SMILES string of the molecule is Cl.Nc1ccccc1C(=O)NCc1cccnc1. The molecule has 0 spiro atoms. The first-order valence-corrected chi connectivity index (χ1v) is 5.29. The average Bonchev–Trinajstić information content (AvgIpc) is 2.38. The molecule has 1 amide bonds. The number of nitrogens with one attached hydrogen (secondary N) is 1. The Kier molecular flexibility index (Phi) is 5.14. The lowest BCUT2D eigenvalue weighted by molar-refractivity contribution is 0.0952. The third kappa shape index (κ3) is 3.46. The molecular formula is C13H14ClN3O. The number of amides is 1. The van der Waals surface area contributed by atoms with Crippen molar-refractivity contribution in [1.29, 1.82) is 0 Å². The van der Waals surface area contributed by atoms with E-state index in [-0.39, 0.29) is 18.3 Å². The Morgan fingerprint density at radius 1 is 1.22 bits per heavy atom. The van der Waals surface area contributed by atoms with Gasteiger partial charge in [-0.2, -0.15) is 0 Å². The summed E-state index contributed by atoms with van der Waals surface area (Å²) < 4.78 is 0. The maximum Gasteiger partial charge on any atom is 0.253 e. The van der Waals surface area contributed by atoms with Crippen LogP contribution in [0.5, 0.6) is 0 Å². The molecule has 0 aliphatic heterocycles. The molecular weight excluding hydrogens is 250 g/mol. The monoisotopic (exact) mass is 263 g/mol. The second-order valence-corrected chi connectivity index (χ2v) is 3.63. The van der Waals surface area contributed by atoms with Gasteiger partial charge >= 0.3 is 0 Å². The summed E-state index contributed by atoms with van der Waals surface area (Å²) in [6.45, 7) is 0.445. The lowest BCUT2D eigenvalue weighted by Gasteiger charge is -2.06. The van der Waals surface area contributed by atoms with Gasteiger partial charge in [-0.25, -0.2) is 0 Å². The second-order valence-electron chi connectivity index (χ2n) is 3.63. The van der Waals surface area contributed by atoms with Crippen molar-refractivity contribution in [2.24, 2.45) is 0 Å². The lowest BCUT2D eigenvalue weighted by Crippen LogP contribution is -2.23. The van der Waals surface area contributed by atoms with Gasteiger partial charge in [0.15, 0.2) is 0 Å². The van der Waals surface area contributed by atoms with Crippen LogP contribution in [0.1, 0.15) is 15.9 Å². The van der Waals surface area contributed by atoms with Crippen molar-refractivity contribution < 1.29 is 4.79 Å². The fourth-order valence-electron chi connectivity index (χ4n) is 1.48.